The highest BCUT2D eigenvalue weighted by Gasteiger charge is 2.37. The second-order valence-electron chi connectivity index (χ2n) is 7.29. The molecule has 0 unspecified atom stereocenters. The average Bonchev–Trinajstić information content (AvgIpc) is 2.59. The van der Waals surface area contributed by atoms with Crippen molar-refractivity contribution >= 4 is 27.7 Å². The van der Waals surface area contributed by atoms with Crippen LogP contribution in [0.4, 0.5) is 0 Å². The van der Waals surface area contributed by atoms with Crippen molar-refractivity contribution in [3.05, 3.63) is 69.2 Å². The van der Waals surface area contributed by atoms with Gasteiger partial charge in [0.15, 0.2) is 0 Å². The van der Waals surface area contributed by atoms with Crippen LogP contribution in [-0.2, 0) is 0 Å². The van der Waals surface area contributed by atoms with E-state index < -0.39 is 17.4 Å². The van der Waals surface area contributed by atoms with Gasteiger partial charge in [0.1, 0.15) is 0 Å². The van der Waals surface area contributed by atoms with E-state index in [2.05, 4.69) is 15.9 Å². The predicted molar refractivity (Wildman–Crippen MR) is 108 cm³/mol. The molecule has 2 rings (SSSR count). The summed E-state index contributed by atoms with van der Waals surface area (Å²) >= 11 is 3.40. The fourth-order valence-electron chi connectivity index (χ4n) is 2.73. The van der Waals surface area contributed by atoms with E-state index >= 15 is 0 Å². The maximum absolute atomic E-state index is 13.2. The van der Waals surface area contributed by atoms with Crippen molar-refractivity contribution in [3.8, 4) is 6.19 Å². The molecule has 0 atom stereocenters. The van der Waals surface area contributed by atoms with Crippen LogP contribution in [0.3, 0.4) is 0 Å². The number of hydrazine groups is 1. The molecule has 140 valence electrons. The molecule has 0 aliphatic carbocycles. The molecule has 2 aromatic carbocycles. The number of halogens is 1. The molecule has 0 spiro atoms. The van der Waals surface area contributed by atoms with Crippen molar-refractivity contribution in [1.82, 2.24) is 10.0 Å². The summed E-state index contributed by atoms with van der Waals surface area (Å²) in [6.45, 7) is 9.03. The first kappa shape index (κ1) is 20.7. The summed E-state index contributed by atoms with van der Waals surface area (Å²) in [5.74, 6) is -0.957. The fraction of sp³-hybridized carbons (Fsp3) is 0.286. The highest BCUT2D eigenvalue weighted by atomic mass is 79.9. The van der Waals surface area contributed by atoms with Gasteiger partial charge in [0.25, 0.3) is 11.8 Å². The third-order valence-electron chi connectivity index (χ3n) is 4.08. The number of nitriles is 1. The van der Waals surface area contributed by atoms with Gasteiger partial charge in [0, 0.05) is 15.6 Å². The Hall–Kier alpha value is -2.65. The predicted octanol–water partition coefficient (Wildman–Crippen LogP) is 4.85. The Balaban J connectivity index is 2.54. The number of nitrogens with zero attached hydrogens (tertiary/aromatic N) is 3. The molecule has 0 fully saturated rings. The van der Waals surface area contributed by atoms with E-state index in [1.165, 1.54) is 5.01 Å². The van der Waals surface area contributed by atoms with E-state index in [-0.39, 0.29) is 0 Å². The van der Waals surface area contributed by atoms with Gasteiger partial charge >= 0.3 is 0 Å². The summed E-state index contributed by atoms with van der Waals surface area (Å²) in [5.41, 5.74) is 1.62. The van der Waals surface area contributed by atoms with Gasteiger partial charge in [-0.05, 0) is 64.4 Å². The molecule has 0 aliphatic rings. The summed E-state index contributed by atoms with van der Waals surface area (Å²) in [6.07, 6.45) is 1.89. The summed E-state index contributed by atoms with van der Waals surface area (Å²) in [6, 6.07) is 12.3. The molecule has 0 radical (unpaired) electrons. The van der Waals surface area contributed by atoms with E-state index in [9.17, 15) is 14.9 Å². The van der Waals surface area contributed by atoms with Crippen LogP contribution >= 0.6 is 15.9 Å². The van der Waals surface area contributed by atoms with E-state index in [0.717, 1.165) is 15.0 Å². The summed E-state index contributed by atoms with van der Waals surface area (Å²) in [5, 5.41) is 11.8. The van der Waals surface area contributed by atoms with Gasteiger partial charge in [-0.2, -0.15) is 5.26 Å². The number of carbonyl (C=O) groups excluding carboxylic acids is 2. The topological polar surface area (TPSA) is 64.4 Å². The number of hydrogen-bond donors (Lipinski definition) is 0. The highest BCUT2D eigenvalue weighted by Crippen LogP contribution is 2.25. The van der Waals surface area contributed by atoms with Gasteiger partial charge in [-0.15, -0.1) is 5.01 Å². The second kappa shape index (κ2) is 7.93. The number of aryl methyl sites for hydroxylation is 1. The number of hydrogen-bond acceptors (Lipinski definition) is 3. The highest BCUT2D eigenvalue weighted by molar-refractivity contribution is 9.10. The molecule has 0 aromatic heterocycles. The minimum absolute atomic E-state index is 0.359. The fourth-order valence-corrected chi connectivity index (χ4v) is 3.10. The van der Waals surface area contributed by atoms with Crippen LogP contribution in [0.1, 0.15) is 52.6 Å². The number of benzene rings is 2. The standard InChI is InChI=1S/C21H22BrN3O2/c1-14-8-6-9-16(12-14)19(26)25(21(3,4)5)24(13-23)20(27)17-10-7-11-18(22)15(17)2/h6-12H,1-5H3. The molecule has 6 heteroatoms. The Morgan fingerprint density at radius 2 is 1.67 bits per heavy atom. The molecule has 5 nitrogen and oxygen atoms in total. The van der Waals surface area contributed by atoms with E-state index in [0.29, 0.717) is 16.7 Å². The molecule has 0 heterocycles. The minimum Gasteiger partial charge on any atom is -0.267 e. The summed E-state index contributed by atoms with van der Waals surface area (Å²) < 4.78 is 0.763. The van der Waals surface area contributed by atoms with Gasteiger partial charge in [0.2, 0.25) is 6.19 Å². The molecule has 2 aromatic rings. The number of amides is 2. The first-order chi connectivity index (χ1) is 12.6. The lowest BCUT2D eigenvalue weighted by Gasteiger charge is -2.39. The Morgan fingerprint density at radius 1 is 1.04 bits per heavy atom. The number of rotatable bonds is 2. The molecular formula is C21H22BrN3O2. The van der Waals surface area contributed by atoms with Gasteiger partial charge in [-0.3, -0.25) is 9.59 Å². The Kier molecular flexibility index (Phi) is 6.07. The van der Waals surface area contributed by atoms with Gasteiger partial charge < -0.3 is 0 Å². The summed E-state index contributed by atoms with van der Waals surface area (Å²) in [7, 11) is 0. The van der Waals surface area contributed by atoms with Crippen molar-refractivity contribution in [1.29, 1.82) is 5.26 Å². The second-order valence-corrected chi connectivity index (χ2v) is 8.14. The zero-order valence-corrected chi connectivity index (χ0v) is 17.7. The monoisotopic (exact) mass is 427 g/mol. The van der Waals surface area contributed by atoms with Gasteiger partial charge in [0.05, 0.1) is 5.54 Å². The van der Waals surface area contributed by atoms with Crippen LogP contribution in [-0.4, -0.2) is 27.4 Å². The molecule has 0 saturated carbocycles. The Labute approximate surface area is 168 Å². The maximum Gasteiger partial charge on any atom is 0.286 e. The smallest absolute Gasteiger partial charge is 0.267 e. The largest absolute Gasteiger partial charge is 0.286 e. The van der Waals surface area contributed by atoms with Gasteiger partial charge in [-0.25, -0.2) is 5.01 Å². The minimum atomic E-state index is -0.786. The molecule has 0 N–H and O–H groups in total. The molecular weight excluding hydrogens is 406 g/mol. The van der Waals surface area contributed by atoms with Crippen molar-refractivity contribution in [3.63, 3.8) is 0 Å². The van der Waals surface area contributed by atoms with E-state index in [1.807, 2.05) is 25.2 Å². The van der Waals surface area contributed by atoms with Crippen LogP contribution in [0, 0.1) is 25.3 Å². The van der Waals surface area contributed by atoms with Crippen LogP contribution in [0.15, 0.2) is 46.9 Å². The lowest BCUT2D eigenvalue weighted by molar-refractivity contribution is -0.0167. The normalized spacial score (nSPS) is 10.9. The van der Waals surface area contributed by atoms with Crippen molar-refractivity contribution in [2.45, 2.75) is 40.2 Å². The Bertz CT molecular complexity index is 926. The lowest BCUT2D eigenvalue weighted by Crippen LogP contribution is -2.56. The van der Waals surface area contributed by atoms with Crippen LogP contribution in [0.2, 0.25) is 0 Å². The maximum atomic E-state index is 13.2. The van der Waals surface area contributed by atoms with Crippen LogP contribution < -0.4 is 0 Å². The quantitative estimate of drug-likeness (QED) is 0.391. The molecule has 2 amide bonds. The van der Waals surface area contributed by atoms with Crippen molar-refractivity contribution in [2.75, 3.05) is 0 Å². The van der Waals surface area contributed by atoms with E-state index in [1.54, 1.807) is 58.0 Å². The molecule has 0 bridgehead atoms. The summed E-state index contributed by atoms with van der Waals surface area (Å²) in [4.78, 5) is 26.3. The van der Waals surface area contributed by atoms with Crippen LogP contribution in [0.5, 0.6) is 0 Å². The lowest BCUT2D eigenvalue weighted by atomic mass is 10.0. The average molecular weight is 428 g/mol. The van der Waals surface area contributed by atoms with Crippen molar-refractivity contribution < 1.29 is 9.59 Å². The first-order valence-electron chi connectivity index (χ1n) is 8.48. The third-order valence-corrected chi connectivity index (χ3v) is 4.94. The molecule has 0 aliphatic heterocycles. The van der Waals surface area contributed by atoms with Crippen molar-refractivity contribution in [2.24, 2.45) is 0 Å². The zero-order valence-electron chi connectivity index (χ0n) is 16.1. The van der Waals surface area contributed by atoms with E-state index in [4.69, 9.17) is 0 Å². The Morgan fingerprint density at radius 3 is 2.22 bits per heavy atom. The number of carbonyl (C=O) groups is 2. The molecule has 27 heavy (non-hydrogen) atoms. The zero-order chi connectivity index (χ0) is 20.4. The molecule has 0 saturated heterocycles. The first-order valence-corrected chi connectivity index (χ1v) is 9.27. The van der Waals surface area contributed by atoms with Crippen LogP contribution in [0.25, 0.3) is 0 Å². The SMILES string of the molecule is Cc1cccc(C(=O)N(N(C#N)C(=O)c2cccc(Br)c2C)C(C)(C)C)c1. The van der Waals surface area contributed by atoms with Gasteiger partial charge in [-0.1, -0.05) is 39.7 Å². The third kappa shape index (κ3) is 4.37.